The van der Waals surface area contributed by atoms with Gasteiger partial charge in [0.15, 0.2) is 5.69 Å². The van der Waals surface area contributed by atoms with Gasteiger partial charge in [-0.05, 0) is 31.9 Å². The number of rotatable bonds is 4. The Balaban J connectivity index is 2.09. The topological polar surface area (TPSA) is 42.4 Å². The Labute approximate surface area is 163 Å². The van der Waals surface area contributed by atoms with Gasteiger partial charge >= 0.3 is 5.97 Å². The first-order chi connectivity index (χ1) is 13.2. The van der Waals surface area contributed by atoms with Crippen LogP contribution in [0.2, 0.25) is 5.02 Å². The highest BCUT2D eigenvalue weighted by Gasteiger charge is 2.28. The van der Waals surface area contributed by atoms with E-state index in [0.717, 1.165) is 53.6 Å². The number of carbonyl (C=O) groups is 1. The molecule has 1 saturated heterocycles. The largest absolute Gasteiger partial charge is 0.461 e. The van der Waals surface area contributed by atoms with Gasteiger partial charge in [-0.3, -0.25) is 0 Å². The summed E-state index contributed by atoms with van der Waals surface area (Å²) in [4.78, 5) is 19.7. The van der Waals surface area contributed by atoms with Crippen molar-refractivity contribution in [3.05, 3.63) is 59.2 Å². The van der Waals surface area contributed by atoms with Crippen LogP contribution in [0.1, 0.15) is 30.3 Å². The lowest BCUT2D eigenvalue weighted by atomic mass is 9.96. The summed E-state index contributed by atoms with van der Waals surface area (Å²) in [5, 5.41) is 1.64. The van der Waals surface area contributed by atoms with Crippen molar-refractivity contribution in [1.29, 1.82) is 0 Å². The van der Waals surface area contributed by atoms with Gasteiger partial charge in [-0.15, -0.1) is 0 Å². The van der Waals surface area contributed by atoms with Crippen LogP contribution < -0.4 is 4.90 Å². The molecule has 3 aromatic rings. The normalized spacial score (nSPS) is 13.9. The van der Waals surface area contributed by atoms with Crippen LogP contribution in [0.5, 0.6) is 0 Å². The van der Waals surface area contributed by atoms with E-state index in [9.17, 15) is 4.79 Å². The molecule has 2 heterocycles. The Kier molecular flexibility index (Phi) is 4.99. The molecule has 0 unspecified atom stereocenters. The first-order valence-electron chi connectivity index (χ1n) is 9.30. The standard InChI is InChI=1S/C22H21ClN2O2/c1-2-27-22(26)20-21(25-13-7-8-14-25)19(15-9-3-5-11-17(15)23)16-10-4-6-12-18(16)24-20/h3-6,9-12H,2,7-8,13-14H2,1H3. The minimum Gasteiger partial charge on any atom is -0.461 e. The molecule has 0 aliphatic carbocycles. The molecule has 0 atom stereocenters. The number of hydrogen-bond acceptors (Lipinski definition) is 4. The van der Waals surface area contributed by atoms with E-state index < -0.39 is 5.97 Å². The highest BCUT2D eigenvalue weighted by atomic mass is 35.5. The van der Waals surface area contributed by atoms with Crippen LogP contribution in [0.25, 0.3) is 22.0 Å². The molecule has 1 aliphatic heterocycles. The molecule has 1 aromatic heterocycles. The Morgan fingerprint density at radius 3 is 2.56 bits per heavy atom. The number of para-hydroxylation sites is 1. The van der Waals surface area contributed by atoms with E-state index in [1.54, 1.807) is 0 Å². The molecule has 138 valence electrons. The summed E-state index contributed by atoms with van der Waals surface area (Å²) in [5.74, 6) is -0.390. The number of ether oxygens (including phenoxy) is 1. The minimum atomic E-state index is -0.390. The molecule has 1 fully saturated rings. The van der Waals surface area contributed by atoms with Gasteiger partial charge in [0, 0.05) is 34.6 Å². The van der Waals surface area contributed by atoms with Crippen molar-refractivity contribution in [2.24, 2.45) is 0 Å². The predicted octanol–water partition coefficient (Wildman–Crippen LogP) is 5.33. The summed E-state index contributed by atoms with van der Waals surface area (Å²) in [6.07, 6.45) is 2.19. The summed E-state index contributed by atoms with van der Waals surface area (Å²) < 4.78 is 5.34. The molecular weight excluding hydrogens is 360 g/mol. The van der Waals surface area contributed by atoms with E-state index in [0.29, 0.717) is 17.3 Å². The zero-order valence-electron chi connectivity index (χ0n) is 15.2. The quantitative estimate of drug-likeness (QED) is 0.573. The van der Waals surface area contributed by atoms with Gasteiger partial charge in [-0.2, -0.15) is 0 Å². The summed E-state index contributed by atoms with van der Waals surface area (Å²) >= 11 is 6.58. The van der Waals surface area contributed by atoms with Crippen molar-refractivity contribution in [2.75, 3.05) is 24.6 Å². The number of carbonyl (C=O) groups excluding carboxylic acids is 1. The Bertz CT molecular complexity index is 997. The lowest BCUT2D eigenvalue weighted by molar-refractivity contribution is 0.0521. The van der Waals surface area contributed by atoms with Gasteiger partial charge in [0.05, 0.1) is 17.8 Å². The second-order valence-corrected chi connectivity index (χ2v) is 7.00. The fraction of sp³-hybridized carbons (Fsp3) is 0.273. The summed E-state index contributed by atoms with van der Waals surface area (Å²) in [7, 11) is 0. The Hall–Kier alpha value is -2.59. The minimum absolute atomic E-state index is 0.314. The Morgan fingerprint density at radius 2 is 1.81 bits per heavy atom. The monoisotopic (exact) mass is 380 g/mol. The van der Waals surface area contributed by atoms with Crippen LogP contribution >= 0.6 is 11.6 Å². The summed E-state index contributed by atoms with van der Waals surface area (Å²) in [6.45, 7) is 3.91. The van der Waals surface area contributed by atoms with E-state index in [-0.39, 0.29) is 0 Å². The fourth-order valence-corrected chi connectivity index (χ4v) is 3.96. The number of benzene rings is 2. The van der Waals surface area contributed by atoms with Crippen LogP contribution in [0.15, 0.2) is 48.5 Å². The lowest BCUT2D eigenvalue weighted by Crippen LogP contribution is -2.23. The molecule has 4 rings (SSSR count). The average molecular weight is 381 g/mol. The Morgan fingerprint density at radius 1 is 1.11 bits per heavy atom. The zero-order valence-corrected chi connectivity index (χ0v) is 16.0. The second-order valence-electron chi connectivity index (χ2n) is 6.60. The number of nitrogens with zero attached hydrogens (tertiary/aromatic N) is 2. The van der Waals surface area contributed by atoms with E-state index >= 15 is 0 Å². The molecule has 0 spiro atoms. The first-order valence-corrected chi connectivity index (χ1v) is 9.68. The third-order valence-electron chi connectivity index (χ3n) is 4.90. The van der Waals surface area contributed by atoms with Crippen LogP contribution in [0.3, 0.4) is 0 Å². The van der Waals surface area contributed by atoms with Crippen molar-refractivity contribution in [1.82, 2.24) is 4.98 Å². The van der Waals surface area contributed by atoms with E-state index in [2.05, 4.69) is 4.90 Å². The molecule has 0 bridgehead atoms. The molecule has 0 amide bonds. The van der Waals surface area contributed by atoms with E-state index in [1.165, 1.54) is 0 Å². The molecule has 4 nitrogen and oxygen atoms in total. The van der Waals surface area contributed by atoms with Gasteiger partial charge in [-0.1, -0.05) is 48.0 Å². The van der Waals surface area contributed by atoms with Gasteiger partial charge in [0.25, 0.3) is 0 Å². The molecule has 1 aliphatic rings. The number of aromatic nitrogens is 1. The van der Waals surface area contributed by atoms with Gasteiger partial charge in [-0.25, -0.2) is 9.78 Å². The average Bonchev–Trinajstić information content (AvgIpc) is 3.21. The number of esters is 1. The lowest BCUT2D eigenvalue weighted by Gasteiger charge is -2.25. The number of hydrogen-bond donors (Lipinski definition) is 0. The maximum atomic E-state index is 12.8. The highest BCUT2D eigenvalue weighted by molar-refractivity contribution is 6.34. The highest BCUT2D eigenvalue weighted by Crippen LogP contribution is 2.43. The molecule has 5 heteroatoms. The maximum absolute atomic E-state index is 12.8. The number of anilines is 1. The second kappa shape index (κ2) is 7.57. The van der Waals surface area contributed by atoms with Crippen LogP contribution in [-0.2, 0) is 4.74 Å². The van der Waals surface area contributed by atoms with Gasteiger partial charge in [0.2, 0.25) is 0 Å². The van der Waals surface area contributed by atoms with Gasteiger partial charge in [0.1, 0.15) is 0 Å². The third-order valence-corrected chi connectivity index (χ3v) is 5.23. The summed E-state index contributed by atoms with van der Waals surface area (Å²) in [6, 6.07) is 15.6. The van der Waals surface area contributed by atoms with E-state index in [1.807, 2.05) is 55.5 Å². The summed E-state index contributed by atoms with van der Waals surface area (Å²) in [5.41, 5.74) is 3.82. The van der Waals surface area contributed by atoms with Crippen LogP contribution in [0, 0.1) is 0 Å². The van der Waals surface area contributed by atoms with Crippen LogP contribution in [0.4, 0.5) is 5.69 Å². The molecule has 27 heavy (non-hydrogen) atoms. The van der Waals surface area contributed by atoms with Crippen molar-refractivity contribution in [2.45, 2.75) is 19.8 Å². The fourth-order valence-electron chi connectivity index (χ4n) is 3.73. The zero-order chi connectivity index (χ0) is 18.8. The van der Waals surface area contributed by atoms with Crippen molar-refractivity contribution in [3.8, 4) is 11.1 Å². The number of pyridine rings is 1. The first kappa shape index (κ1) is 17.8. The van der Waals surface area contributed by atoms with Crippen molar-refractivity contribution >= 4 is 34.2 Å². The molecule has 2 aromatic carbocycles. The van der Waals surface area contributed by atoms with Crippen molar-refractivity contribution < 1.29 is 9.53 Å². The van der Waals surface area contributed by atoms with E-state index in [4.69, 9.17) is 21.3 Å². The third kappa shape index (κ3) is 3.26. The number of fused-ring (bicyclic) bond motifs is 1. The molecule has 0 saturated carbocycles. The molecule has 0 N–H and O–H groups in total. The molecule has 0 radical (unpaired) electrons. The predicted molar refractivity (Wildman–Crippen MR) is 110 cm³/mol. The van der Waals surface area contributed by atoms with Crippen molar-refractivity contribution in [3.63, 3.8) is 0 Å². The smallest absolute Gasteiger partial charge is 0.359 e. The SMILES string of the molecule is CCOC(=O)c1nc2ccccc2c(-c2ccccc2Cl)c1N1CCCC1. The maximum Gasteiger partial charge on any atom is 0.359 e. The van der Waals surface area contributed by atoms with Crippen LogP contribution in [-0.4, -0.2) is 30.6 Å². The molecular formula is C22H21ClN2O2. The van der Waals surface area contributed by atoms with Gasteiger partial charge < -0.3 is 9.64 Å². The number of halogens is 1.